The Labute approximate surface area is 127 Å². The molecule has 0 unspecified atom stereocenters. The molecule has 0 fully saturated rings. The third-order valence-electron chi connectivity index (χ3n) is 3.04. The maximum absolute atomic E-state index is 12.2. The van der Waals surface area contributed by atoms with E-state index in [1.54, 1.807) is 24.5 Å². The number of nitrogens with zero attached hydrogens (tertiary/aromatic N) is 3. The van der Waals surface area contributed by atoms with E-state index in [0.29, 0.717) is 17.8 Å². The molecule has 0 aliphatic rings. The van der Waals surface area contributed by atoms with Crippen LogP contribution in [-0.2, 0) is 6.54 Å². The Balaban J connectivity index is 2.08. The zero-order chi connectivity index (χ0) is 15.4. The summed E-state index contributed by atoms with van der Waals surface area (Å²) in [6.07, 6.45) is 0. The van der Waals surface area contributed by atoms with Gasteiger partial charge in [0.25, 0.3) is 0 Å². The molecule has 0 spiro atoms. The highest BCUT2D eigenvalue weighted by atomic mass is 32.1. The van der Waals surface area contributed by atoms with Gasteiger partial charge in [0.15, 0.2) is 0 Å². The molecule has 6 heteroatoms. The standard InChI is InChI=1S/C15H16N4OS/c1-10-5-4-6-14(13(10)7-16)18-15(20)19(3)8-12-9-21-11(2)17-12/h4-6,9H,8H2,1-3H3,(H,18,20). The highest BCUT2D eigenvalue weighted by Gasteiger charge is 2.13. The van der Waals surface area contributed by atoms with Gasteiger partial charge in [-0.25, -0.2) is 9.78 Å². The van der Waals surface area contributed by atoms with Crippen molar-refractivity contribution >= 4 is 23.1 Å². The number of nitriles is 1. The quantitative estimate of drug-likeness (QED) is 0.945. The molecular weight excluding hydrogens is 284 g/mol. The number of anilines is 1. The normalized spacial score (nSPS) is 10.0. The van der Waals surface area contributed by atoms with Gasteiger partial charge in [0.2, 0.25) is 0 Å². The second-order valence-corrected chi connectivity index (χ2v) is 5.82. The molecule has 1 aromatic heterocycles. The highest BCUT2D eigenvalue weighted by molar-refractivity contribution is 7.09. The maximum atomic E-state index is 12.2. The maximum Gasteiger partial charge on any atom is 0.321 e. The van der Waals surface area contributed by atoms with E-state index in [4.69, 9.17) is 5.26 Å². The fourth-order valence-corrected chi connectivity index (χ4v) is 2.53. The molecule has 5 nitrogen and oxygen atoms in total. The van der Waals surface area contributed by atoms with Crippen LogP contribution in [-0.4, -0.2) is 23.0 Å². The van der Waals surface area contributed by atoms with Gasteiger partial charge in [-0.2, -0.15) is 5.26 Å². The summed E-state index contributed by atoms with van der Waals surface area (Å²) < 4.78 is 0. The molecule has 1 N–H and O–H groups in total. The van der Waals surface area contributed by atoms with Crippen molar-refractivity contribution in [1.82, 2.24) is 9.88 Å². The summed E-state index contributed by atoms with van der Waals surface area (Å²) in [5.74, 6) is 0. The Morgan fingerprint density at radius 3 is 2.86 bits per heavy atom. The number of urea groups is 1. The number of hydrogen-bond acceptors (Lipinski definition) is 4. The van der Waals surface area contributed by atoms with Crippen LogP contribution in [0.5, 0.6) is 0 Å². The van der Waals surface area contributed by atoms with Crippen LogP contribution in [0.4, 0.5) is 10.5 Å². The van der Waals surface area contributed by atoms with E-state index in [1.165, 1.54) is 4.90 Å². The summed E-state index contributed by atoms with van der Waals surface area (Å²) in [4.78, 5) is 18.1. The minimum absolute atomic E-state index is 0.261. The highest BCUT2D eigenvalue weighted by Crippen LogP contribution is 2.19. The lowest BCUT2D eigenvalue weighted by atomic mass is 10.1. The van der Waals surface area contributed by atoms with Crippen molar-refractivity contribution in [3.8, 4) is 6.07 Å². The molecule has 21 heavy (non-hydrogen) atoms. The van der Waals surface area contributed by atoms with Crippen molar-refractivity contribution in [3.63, 3.8) is 0 Å². The van der Waals surface area contributed by atoms with Crippen LogP contribution in [0.25, 0.3) is 0 Å². The third kappa shape index (κ3) is 3.58. The topological polar surface area (TPSA) is 69.0 Å². The number of aromatic nitrogens is 1. The molecule has 108 valence electrons. The fourth-order valence-electron chi connectivity index (χ4n) is 1.93. The first-order valence-corrected chi connectivity index (χ1v) is 7.32. The molecule has 0 saturated heterocycles. The van der Waals surface area contributed by atoms with Gasteiger partial charge in [0, 0.05) is 12.4 Å². The van der Waals surface area contributed by atoms with E-state index in [-0.39, 0.29) is 6.03 Å². The minimum Gasteiger partial charge on any atom is -0.322 e. The first-order chi connectivity index (χ1) is 10.0. The fraction of sp³-hybridized carbons (Fsp3) is 0.267. The zero-order valence-electron chi connectivity index (χ0n) is 12.2. The molecule has 0 aliphatic carbocycles. The molecule has 0 bridgehead atoms. The Hall–Kier alpha value is -2.39. The molecule has 2 amide bonds. The van der Waals surface area contributed by atoms with Crippen LogP contribution in [0, 0.1) is 25.2 Å². The Morgan fingerprint density at radius 2 is 2.24 bits per heavy atom. The van der Waals surface area contributed by atoms with Gasteiger partial charge in [-0.15, -0.1) is 11.3 Å². The minimum atomic E-state index is -0.261. The molecule has 1 heterocycles. The van der Waals surface area contributed by atoms with Gasteiger partial charge in [-0.3, -0.25) is 0 Å². The largest absolute Gasteiger partial charge is 0.322 e. The molecule has 0 atom stereocenters. The predicted molar refractivity (Wildman–Crippen MR) is 83.2 cm³/mol. The van der Waals surface area contributed by atoms with E-state index in [0.717, 1.165) is 16.3 Å². The van der Waals surface area contributed by atoms with Crippen LogP contribution in [0.15, 0.2) is 23.6 Å². The summed E-state index contributed by atoms with van der Waals surface area (Å²) in [6.45, 7) is 4.21. The summed E-state index contributed by atoms with van der Waals surface area (Å²) in [5.41, 5.74) is 2.72. The number of amides is 2. The first-order valence-electron chi connectivity index (χ1n) is 6.44. The smallest absolute Gasteiger partial charge is 0.321 e. The van der Waals surface area contributed by atoms with Crippen molar-refractivity contribution in [1.29, 1.82) is 5.26 Å². The molecule has 0 aliphatic heterocycles. The second kappa shape index (κ2) is 6.37. The van der Waals surface area contributed by atoms with E-state index < -0.39 is 0 Å². The van der Waals surface area contributed by atoms with Gasteiger partial charge in [-0.05, 0) is 25.5 Å². The van der Waals surface area contributed by atoms with E-state index in [1.807, 2.05) is 31.4 Å². The lowest BCUT2D eigenvalue weighted by Crippen LogP contribution is -2.31. The summed E-state index contributed by atoms with van der Waals surface area (Å²) in [7, 11) is 1.70. The number of carbonyl (C=O) groups is 1. The number of nitrogens with one attached hydrogen (secondary N) is 1. The number of aryl methyl sites for hydroxylation is 2. The molecular formula is C15H16N4OS. The average Bonchev–Trinajstić information content (AvgIpc) is 2.84. The van der Waals surface area contributed by atoms with Gasteiger partial charge < -0.3 is 10.2 Å². The van der Waals surface area contributed by atoms with Crippen LogP contribution in [0.1, 0.15) is 21.8 Å². The van der Waals surface area contributed by atoms with E-state index in [9.17, 15) is 4.79 Å². The zero-order valence-corrected chi connectivity index (χ0v) is 13.0. The predicted octanol–water partition coefficient (Wildman–Crippen LogP) is 3.30. The number of rotatable bonds is 3. The third-order valence-corrected chi connectivity index (χ3v) is 3.86. The molecule has 2 aromatic rings. The van der Waals surface area contributed by atoms with E-state index in [2.05, 4.69) is 16.4 Å². The SMILES string of the molecule is Cc1nc(CN(C)C(=O)Nc2cccc(C)c2C#N)cs1. The summed E-state index contributed by atoms with van der Waals surface area (Å²) >= 11 is 1.56. The lowest BCUT2D eigenvalue weighted by molar-refractivity contribution is 0.220. The van der Waals surface area contributed by atoms with Crippen LogP contribution >= 0.6 is 11.3 Å². The summed E-state index contributed by atoms with van der Waals surface area (Å²) in [5, 5.41) is 14.8. The number of carbonyl (C=O) groups excluding carboxylic acids is 1. The monoisotopic (exact) mass is 300 g/mol. The molecule has 0 saturated carbocycles. The Kier molecular flexibility index (Phi) is 4.55. The first kappa shape index (κ1) is 15.0. The number of thiazole rings is 1. The van der Waals surface area contributed by atoms with Crippen molar-refractivity contribution in [2.45, 2.75) is 20.4 Å². The average molecular weight is 300 g/mol. The van der Waals surface area contributed by atoms with Crippen molar-refractivity contribution < 1.29 is 4.79 Å². The molecule has 0 radical (unpaired) electrons. The van der Waals surface area contributed by atoms with Crippen molar-refractivity contribution in [3.05, 3.63) is 45.4 Å². The molecule has 2 rings (SSSR count). The lowest BCUT2D eigenvalue weighted by Gasteiger charge is -2.17. The Bertz CT molecular complexity index is 702. The van der Waals surface area contributed by atoms with Gasteiger partial charge in [-0.1, -0.05) is 12.1 Å². The Morgan fingerprint density at radius 1 is 1.48 bits per heavy atom. The second-order valence-electron chi connectivity index (χ2n) is 4.75. The number of benzene rings is 1. The van der Waals surface area contributed by atoms with Crippen LogP contribution in [0.2, 0.25) is 0 Å². The van der Waals surface area contributed by atoms with E-state index >= 15 is 0 Å². The van der Waals surface area contributed by atoms with Crippen LogP contribution < -0.4 is 5.32 Å². The summed E-state index contributed by atoms with van der Waals surface area (Å²) in [6, 6.07) is 7.24. The van der Waals surface area contributed by atoms with Gasteiger partial charge in [0.1, 0.15) is 6.07 Å². The van der Waals surface area contributed by atoms with Crippen LogP contribution in [0.3, 0.4) is 0 Å². The molecule has 1 aromatic carbocycles. The van der Waals surface area contributed by atoms with Gasteiger partial charge in [0.05, 0.1) is 28.5 Å². The van der Waals surface area contributed by atoms with Crippen molar-refractivity contribution in [2.24, 2.45) is 0 Å². The van der Waals surface area contributed by atoms with Crippen molar-refractivity contribution in [2.75, 3.05) is 12.4 Å². The number of hydrogen-bond donors (Lipinski definition) is 1. The van der Waals surface area contributed by atoms with Gasteiger partial charge >= 0.3 is 6.03 Å².